The second-order valence-electron chi connectivity index (χ2n) is 8.19. The molecule has 3 rings (SSSR count). The van der Waals surface area contributed by atoms with E-state index in [1.807, 2.05) is 27.7 Å². The average Bonchev–Trinajstić information content (AvgIpc) is 3.29. The average molecular weight is 438 g/mol. The zero-order valence-electron chi connectivity index (χ0n) is 18.0. The number of thioether (sulfide) groups is 1. The monoisotopic (exact) mass is 437 g/mol. The SMILES string of the molecule is CCc1c(C)sc2nc(SCC(=O)NC(C)(C)CC)n(C[C@@H]3CCCO3)c(=O)c12. The zero-order valence-corrected chi connectivity index (χ0v) is 19.6. The maximum atomic E-state index is 13.4. The van der Waals surface area contributed by atoms with Crippen molar-refractivity contribution in [1.29, 1.82) is 0 Å². The number of hydrogen-bond acceptors (Lipinski definition) is 6. The zero-order chi connectivity index (χ0) is 21.2. The third kappa shape index (κ3) is 5.03. The molecule has 1 N–H and O–H groups in total. The Morgan fingerprint density at radius 2 is 2.17 bits per heavy atom. The summed E-state index contributed by atoms with van der Waals surface area (Å²) in [7, 11) is 0. The van der Waals surface area contributed by atoms with E-state index in [0.717, 1.165) is 52.9 Å². The van der Waals surface area contributed by atoms with Crippen LogP contribution in [0.2, 0.25) is 0 Å². The maximum absolute atomic E-state index is 13.4. The van der Waals surface area contributed by atoms with Gasteiger partial charge in [0.05, 0.1) is 23.8 Å². The number of fused-ring (bicyclic) bond motifs is 1. The smallest absolute Gasteiger partial charge is 0.263 e. The molecule has 2 aromatic heterocycles. The fourth-order valence-electron chi connectivity index (χ4n) is 3.55. The van der Waals surface area contributed by atoms with Crippen molar-refractivity contribution in [2.75, 3.05) is 12.4 Å². The van der Waals surface area contributed by atoms with E-state index in [4.69, 9.17) is 9.72 Å². The summed E-state index contributed by atoms with van der Waals surface area (Å²) in [6, 6.07) is 0. The lowest BCUT2D eigenvalue weighted by molar-refractivity contribution is -0.120. The summed E-state index contributed by atoms with van der Waals surface area (Å²) in [6.07, 6.45) is 3.66. The predicted octanol–water partition coefficient (Wildman–Crippen LogP) is 3.90. The van der Waals surface area contributed by atoms with Crippen molar-refractivity contribution >= 4 is 39.2 Å². The van der Waals surface area contributed by atoms with Crippen molar-refractivity contribution in [3.63, 3.8) is 0 Å². The van der Waals surface area contributed by atoms with Crippen LogP contribution in [0.4, 0.5) is 0 Å². The van der Waals surface area contributed by atoms with Crippen molar-refractivity contribution in [2.45, 2.75) is 83.6 Å². The molecule has 0 bridgehead atoms. The van der Waals surface area contributed by atoms with Gasteiger partial charge in [0, 0.05) is 17.0 Å². The predicted molar refractivity (Wildman–Crippen MR) is 120 cm³/mol. The highest BCUT2D eigenvalue weighted by molar-refractivity contribution is 7.99. The van der Waals surface area contributed by atoms with Crippen LogP contribution in [0.3, 0.4) is 0 Å². The Bertz CT molecular complexity index is 943. The van der Waals surface area contributed by atoms with E-state index in [-0.39, 0.29) is 28.9 Å². The summed E-state index contributed by atoms with van der Waals surface area (Å²) in [5.41, 5.74) is 0.832. The van der Waals surface area contributed by atoms with Crippen LogP contribution in [0, 0.1) is 6.92 Å². The highest BCUT2D eigenvalue weighted by atomic mass is 32.2. The Hall–Kier alpha value is -1.38. The van der Waals surface area contributed by atoms with Crippen molar-refractivity contribution < 1.29 is 9.53 Å². The number of nitrogens with zero attached hydrogens (tertiary/aromatic N) is 2. The summed E-state index contributed by atoms with van der Waals surface area (Å²) in [4.78, 5) is 32.6. The molecule has 1 saturated heterocycles. The van der Waals surface area contributed by atoms with Gasteiger partial charge >= 0.3 is 0 Å². The van der Waals surface area contributed by atoms with Crippen LogP contribution in [0.1, 0.15) is 57.4 Å². The minimum Gasteiger partial charge on any atom is -0.376 e. The van der Waals surface area contributed by atoms with E-state index in [1.54, 1.807) is 15.9 Å². The second-order valence-corrected chi connectivity index (χ2v) is 10.3. The summed E-state index contributed by atoms with van der Waals surface area (Å²) < 4.78 is 7.50. The van der Waals surface area contributed by atoms with Gasteiger partial charge in [-0.2, -0.15) is 0 Å². The van der Waals surface area contributed by atoms with Crippen LogP contribution in [0.25, 0.3) is 10.2 Å². The molecule has 8 heteroatoms. The van der Waals surface area contributed by atoms with Gasteiger partial charge in [-0.1, -0.05) is 25.6 Å². The first kappa shape index (κ1) is 22.3. The molecule has 0 aromatic carbocycles. The highest BCUT2D eigenvalue weighted by Gasteiger charge is 2.24. The molecule has 0 saturated carbocycles. The van der Waals surface area contributed by atoms with E-state index < -0.39 is 0 Å². The minimum atomic E-state index is -0.243. The number of aryl methyl sites for hydroxylation is 2. The fourth-order valence-corrected chi connectivity index (χ4v) is 5.52. The molecule has 160 valence electrons. The molecule has 6 nitrogen and oxygen atoms in total. The number of thiophene rings is 1. The lowest BCUT2D eigenvalue weighted by atomic mass is 10.0. The number of nitrogens with one attached hydrogen (secondary N) is 1. The molecule has 0 spiro atoms. The Kier molecular flexibility index (Phi) is 7.06. The standard InChI is InChI=1S/C21H31N3O3S2/c1-6-15-13(3)29-18-17(15)19(26)24(11-14-9-8-10-27-14)20(22-18)28-12-16(25)23-21(4,5)7-2/h14H,6-12H2,1-5H3,(H,23,25)/t14-/m0/s1. The summed E-state index contributed by atoms with van der Waals surface area (Å²) in [6.45, 7) is 11.4. The van der Waals surface area contributed by atoms with E-state index in [2.05, 4.69) is 12.2 Å². The number of carbonyl (C=O) groups excluding carboxylic acids is 1. The number of amides is 1. The van der Waals surface area contributed by atoms with Gasteiger partial charge in [-0.25, -0.2) is 4.98 Å². The highest BCUT2D eigenvalue weighted by Crippen LogP contribution is 2.30. The van der Waals surface area contributed by atoms with Gasteiger partial charge in [0.15, 0.2) is 5.16 Å². The quantitative estimate of drug-likeness (QED) is 0.501. The third-order valence-electron chi connectivity index (χ3n) is 5.54. The van der Waals surface area contributed by atoms with Crippen molar-refractivity contribution in [2.24, 2.45) is 0 Å². The van der Waals surface area contributed by atoms with E-state index in [1.165, 1.54) is 11.8 Å². The lowest BCUT2D eigenvalue weighted by Gasteiger charge is -2.24. The molecular formula is C21H31N3O3S2. The van der Waals surface area contributed by atoms with Crippen LogP contribution in [0.15, 0.2) is 9.95 Å². The van der Waals surface area contributed by atoms with Crippen molar-refractivity contribution in [1.82, 2.24) is 14.9 Å². The van der Waals surface area contributed by atoms with Gasteiger partial charge in [0.2, 0.25) is 5.91 Å². The number of aromatic nitrogens is 2. The number of hydrogen-bond donors (Lipinski definition) is 1. The van der Waals surface area contributed by atoms with Crippen molar-refractivity contribution in [3.05, 3.63) is 20.8 Å². The summed E-state index contributed by atoms with van der Waals surface area (Å²) in [5.74, 6) is 0.189. The van der Waals surface area contributed by atoms with Gasteiger partial charge in [0.1, 0.15) is 4.83 Å². The van der Waals surface area contributed by atoms with Gasteiger partial charge in [0.25, 0.3) is 5.56 Å². The van der Waals surface area contributed by atoms with Crippen LogP contribution in [-0.2, 0) is 22.5 Å². The Morgan fingerprint density at radius 1 is 1.41 bits per heavy atom. The largest absolute Gasteiger partial charge is 0.376 e. The number of rotatable bonds is 8. The summed E-state index contributed by atoms with van der Waals surface area (Å²) in [5, 5.41) is 4.38. The number of carbonyl (C=O) groups is 1. The first-order chi connectivity index (χ1) is 13.8. The molecular weight excluding hydrogens is 406 g/mol. The summed E-state index contributed by atoms with van der Waals surface area (Å²) >= 11 is 2.89. The third-order valence-corrected chi connectivity index (χ3v) is 7.55. The maximum Gasteiger partial charge on any atom is 0.263 e. The molecule has 3 heterocycles. The van der Waals surface area contributed by atoms with Crippen LogP contribution in [0.5, 0.6) is 0 Å². The fraction of sp³-hybridized carbons (Fsp3) is 0.667. The first-order valence-electron chi connectivity index (χ1n) is 10.3. The molecule has 1 aliphatic rings. The molecule has 1 amide bonds. The molecule has 0 unspecified atom stereocenters. The van der Waals surface area contributed by atoms with Gasteiger partial charge in [-0.05, 0) is 52.0 Å². The number of ether oxygens (including phenoxy) is 1. The van der Waals surface area contributed by atoms with Crippen molar-refractivity contribution in [3.8, 4) is 0 Å². The topological polar surface area (TPSA) is 73.2 Å². The van der Waals surface area contributed by atoms with E-state index in [0.29, 0.717) is 11.7 Å². The Labute approximate surface area is 180 Å². The minimum absolute atomic E-state index is 0.0107. The van der Waals surface area contributed by atoms with Gasteiger partial charge in [-0.3, -0.25) is 14.2 Å². The normalized spacial score (nSPS) is 17.2. The van der Waals surface area contributed by atoms with Gasteiger partial charge in [-0.15, -0.1) is 11.3 Å². The molecule has 0 aliphatic carbocycles. The lowest BCUT2D eigenvalue weighted by Crippen LogP contribution is -2.43. The van der Waals surface area contributed by atoms with Crippen LogP contribution in [-0.4, -0.2) is 39.5 Å². The molecule has 1 fully saturated rings. The molecule has 1 aliphatic heterocycles. The Balaban J connectivity index is 1.93. The first-order valence-corrected chi connectivity index (χ1v) is 12.1. The second kappa shape index (κ2) is 9.18. The van der Waals surface area contributed by atoms with E-state index >= 15 is 0 Å². The van der Waals surface area contributed by atoms with E-state index in [9.17, 15) is 9.59 Å². The molecule has 2 aromatic rings. The van der Waals surface area contributed by atoms with Crippen LogP contribution < -0.4 is 10.9 Å². The molecule has 29 heavy (non-hydrogen) atoms. The molecule has 1 atom stereocenters. The van der Waals surface area contributed by atoms with Crippen LogP contribution >= 0.6 is 23.1 Å². The van der Waals surface area contributed by atoms with Gasteiger partial charge < -0.3 is 10.1 Å². The molecule has 0 radical (unpaired) electrons. The Morgan fingerprint density at radius 3 is 2.79 bits per heavy atom.